The fraction of sp³-hybridized carbons (Fsp3) is 0.336. The van der Waals surface area contributed by atoms with Gasteiger partial charge in [0, 0.05) is 6.92 Å². The Balaban J connectivity index is 0.788. The molecule has 4 aliphatic heterocycles. The van der Waals surface area contributed by atoms with E-state index in [1.54, 1.807) is 0 Å². The van der Waals surface area contributed by atoms with Gasteiger partial charge in [0.2, 0.25) is 0 Å². The summed E-state index contributed by atoms with van der Waals surface area (Å²) in [5.41, 5.74) is 10.5. The van der Waals surface area contributed by atoms with Crippen LogP contribution in [-0.4, -0.2) is 160 Å². The van der Waals surface area contributed by atoms with E-state index in [4.69, 9.17) is 94.7 Å². The predicted molar refractivity (Wildman–Crippen MR) is 492 cm³/mol. The van der Waals surface area contributed by atoms with Gasteiger partial charge < -0.3 is 99.8 Å². The minimum atomic E-state index is -1.55. The summed E-state index contributed by atoms with van der Waals surface area (Å²) in [4.78, 5) is 13.1. The fourth-order valence-electron chi connectivity index (χ4n) is 16.7. The smallest absolute Gasteiger partial charge is 0.302 e. The first-order valence-corrected chi connectivity index (χ1v) is 45.3. The number of hydrogen-bond acceptors (Lipinski definition) is 22. The highest BCUT2D eigenvalue weighted by Gasteiger charge is 2.56. The first-order chi connectivity index (χ1) is 65.2. The molecule has 1 N–H and O–H groups in total. The number of carbonyl (C=O) groups is 1. The average Bonchev–Trinajstić information content (AvgIpc) is 0.772. The van der Waals surface area contributed by atoms with Crippen molar-refractivity contribution in [2.45, 2.75) is 209 Å². The molecule has 132 heavy (non-hydrogen) atoms. The molecule has 0 saturated carbocycles. The molecule has 4 aliphatic rings. The zero-order valence-electron chi connectivity index (χ0n) is 74.0. The summed E-state index contributed by atoms with van der Waals surface area (Å²) in [5, 5.41) is 12.6. The topological polar surface area (TPSA) is 222 Å². The van der Waals surface area contributed by atoms with Crippen molar-refractivity contribution in [3.63, 3.8) is 0 Å². The normalized spacial score (nSPS) is 25.4. The molecule has 4 saturated heterocycles. The lowest BCUT2D eigenvalue weighted by molar-refractivity contribution is -0.366. The van der Waals surface area contributed by atoms with Crippen LogP contribution in [0, 0.1) is 0 Å². The van der Waals surface area contributed by atoms with Gasteiger partial charge in [0.15, 0.2) is 25.2 Å². The summed E-state index contributed by atoms with van der Waals surface area (Å²) < 4.78 is 144. The highest BCUT2D eigenvalue weighted by molar-refractivity contribution is 5.65. The molecule has 0 radical (unpaired) electrons. The number of rotatable bonds is 47. The summed E-state index contributed by atoms with van der Waals surface area (Å²) in [5.74, 6) is -0.526. The van der Waals surface area contributed by atoms with Gasteiger partial charge in [-0.05, 0) is 66.8 Å². The highest BCUT2D eigenvalue weighted by atomic mass is 16.8. The van der Waals surface area contributed by atoms with Gasteiger partial charge in [-0.15, -0.1) is 0 Å². The van der Waals surface area contributed by atoms with Crippen molar-refractivity contribution in [2.75, 3.05) is 26.4 Å². The number of hydrogen-bond donors (Lipinski definition) is 1. The van der Waals surface area contributed by atoms with Gasteiger partial charge in [0.05, 0.1) is 99.1 Å². The third-order valence-corrected chi connectivity index (χ3v) is 23.5. The minimum absolute atomic E-state index is 0.0744. The first-order valence-electron chi connectivity index (χ1n) is 45.3. The molecule has 0 bridgehead atoms. The van der Waals surface area contributed by atoms with Crippen molar-refractivity contribution >= 4 is 5.97 Å². The molecule has 22 nitrogen and oxygen atoms in total. The van der Waals surface area contributed by atoms with Gasteiger partial charge in [-0.3, -0.25) is 4.79 Å². The second kappa shape index (κ2) is 50.4. The Kier molecular flexibility index (Phi) is 36.1. The number of aliphatic hydroxyl groups is 1. The maximum atomic E-state index is 13.1. The summed E-state index contributed by atoms with van der Waals surface area (Å²) in [6.45, 7) is 1.64. The van der Waals surface area contributed by atoms with E-state index < -0.39 is 129 Å². The van der Waals surface area contributed by atoms with Gasteiger partial charge in [0.25, 0.3) is 0 Å². The summed E-state index contributed by atoms with van der Waals surface area (Å²) in [6.07, 6.45) is -21.8. The Morgan fingerprint density at radius 2 is 0.348 bits per heavy atom. The van der Waals surface area contributed by atoms with E-state index in [-0.39, 0.29) is 106 Å². The van der Waals surface area contributed by atoms with E-state index in [1.165, 1.54) is 6.92 Å². The lowest BCUT2D eigenvalue weighted by Gasteiger charge is -2.49. The third kappa shape index (κ3) is 27.8. The number of benzene rings is 12. The zero-order chi connectivity index (χ0) is 89.9. The maximum Gasteiger partial charge on any atom is 0.302 e. The molecule has 22 heteroatoms. The number of esters is 1. The SMILES string of the molecule is CC(=O)OC[C@@H]1O[C@@H](OC[C@H]2O[C@@H](OC[C@H]3O[C@H](OC[C@H]4O[C@H](O)[C@H](OCc5ccccc5)[C@H](OCc5ccccc5)[C@H]4OCc4ccccc4)[C@H](OCc4ccccc4)[C@H](OCc4ccccc4)[C@H]3OCc3ccccc3)[C@@H](OCc3ccccc3)[C@@H](OCc3ccccc3)[C@H]2OCc2ccccc2)[C@H](OCc2ccccc2)[C@@H](OCc2ccccc2)[C@H]1OCc1ccccc1. The maximum absolute atomic E-state index is 13.1. The Morgan fingerprint density at radius 3 is 0.538 bits per heavy atom. The molecule has 16 rings (SSSR count). The van der Waals surface area contributed by atoms with E-state index in [2.05, 4.69) is 0 Å². The second-order valence-electron chi connectivity index (χ2n) is 33.1. The Labute approximate surface area is 772 Å². The molecule has 0 aliphatic carbocycles. The molecular weight excluding hydrogens is 1670 g/mol. The fourth-order valence-corrected chi connectivity index (χ4v) is 16.7. The Hall–Kier alpha value is -10.7. The van der Waals surface area contributed by atoms with Gasteiger partial charge in [-0.2, -0.15) is 0 Å². The van der Waals surface area contributed by atoms with Crippen LogP contribution in [0.2, 0.25) is 0 Å². The molecule has 4 fully saturated rings. The lowest BCUT2D eigenvalue weighted by atomic mass is 9.96. The van der Waals surface area contributed by atoms with Crippen LogP contribution in [0.5, 0.6) is 0 Å². The van der Waals surface area contributed by atoms with Crippen LogP contribution in [-0.2, 0) is 179 Å². The van der Waals surface area contributed by atoms with Crippen LogP contribution >= 0.6 is 0 Å². The van der Waals surface area contributed by atoms with E-state index in [9.17, 15) is 9.90 Å². The molecule has 0 aromatic heterocycles. The lowest BCUT2D eigenvalue weighted by Crippen LogP contribution is -2.65. The van der Waals surface area contributed by atoms with Crippen LogP contribution < -0.4 is 0 Å². The van der Waals surface area contributed by atoms with Crippen LogP contribution in [0.1, 0.15) is 73.7 Å². The molecule has 0 unspecified atom stereocenters. The van der Waals surface area contributed by atoms with Crippen LogP contribution in [0.3, 0.4) is 0 Å². The van der Waals surface area contributed by atoms with Crippen LogP contribution in [0.15, 0.2) is 364 Å². The Morgan fingerprint density at radius 1 is 0.197 bits per heavy atom. The van der Waals surface area contributed by atoms with Crippen molar-refractivity contribution in [1.29, 1.82) is 0 Å². The van der Waals surface area contributed by atoms with Crippen LogP contribution in [0.4, 0.5) is 0 Å². The zero-order valence-corrected chi connectivity index (χ0v) is 74.0. The van der Waals surface area contributed by atoms with E-state index in [0.29, 0.717) is 0 Å². The average molecular weight is 1790 g/mol. The summed E-state index contributed by atoms with van der Waals surface area (Å²) >= 11 is 0. The number of ether oxygens (including phenoxy) is 20. The third-order valence-electron chi connectivity index (χ3n) is 23.5. The predicted octanol–water partition coefficient (Wildman–Crippen LogP) is 17.5. The quantitative estimate of drug-likeness (QED) is 0.0350. The van der Waals surface area contributed by atoms with Crippen molar-refractivity contribution in [1.82, 2.24) is 0 Å². The highest BCUT2D eigenvalue weighted by Crippen LogP contribution is 2.40. The number of aliphatic hydroxyl groups excluding tert-OH is 1. The van der Waals surface area contributed by atoms with E-state index in [1.807, 2.05) is 364 Å². The van der Waals surface area contributed by atoms with Gasteiger partial charge in [0.1, 0.15) is 104 Å². The molecule has 12 aromatic rings. The molecular formula is C110H116O22. The largest absolute Gasteiger partial charge is 0.463 e. The molecule has 12 aromatic carbocycles. The van der Waals surface area contributed by atoms with Gasteiger partial charge in [-0.25, -0.2) is 0 Å². The Bertz CT molecular complexity index is 5200. The molecule has 0 spiro atoms. The minimum Gasteiger partial charge on any atom is -0.463 e. The first kappa shape index (κ1) is 94.5. The van der Waals surface area contributed by atoms with Gasteiger partial charge >= 0.3 is 5.97 Å². The van der Waals surface area contributed by atoms with Crippen molar-refractivity contribution in [3.05, 3.63) is 431 Å². The van der Waals surface area contributed by atoms with E-state index in [0.717, 1.165) is 66.8 Å². The van der Waals surface area contributed by atoms with E-state index >= 15 is 0 Å². The van der Waals surface area contributed by atoms with Crippen molar-refractivity contribution < 1.29 is 105 Å². The van der Waals surface area contributed by atoms with Crippen molar-refractivity contribution in [2.24, 2.45) is 0 Å². The molecule has 688 valence electrons. The van der Waals surface area contributed by atoms with Crippen molar-refractivity contribution in [3.8, 4) is 0 Å². The second-order valence-corrected chi connectivity index (χ2v) is 33.1. The number of carbonyl (C=O) groups excluding carboxylic acids is 1. The molecule has 20 atom stereocenters. The summed E-state index contributed by atoms with van der Waals surface area (Å²) in [7, 11) is 0. The standard InChI is InChI=1S/C110H116O22/c1-78(111)113-74-92-96(115-63-80-40-16-3-17-41-80)100(119-67-84-48-24-7-25-49-84)104(123-71-88-56-32-11-33-57-88)109(130-92)127-76-94-98(117-65-82-44-20-5-21-45-82)102(121-69-86-52-28-9-29-53-86)106(125-73-90-60-36-13-37-61-90)110(132-94)128-77-93-97(116-64-81-42-18-4-19-43-81)101(120-68-85-50-26-8-27-51-85)105(124-72-89-58-34-12-35-59-89)108(131-93)126-75-91-95(114-62-79-38-14-2-15-39-79)99(118-66-83-46-22-6-23-47-83)103(107(112)129-91)122-70-87-54-30-10-31-55-87/h2-61,91-110,112H,62-77H2,1H3/t91-,92+,93-,94-,95+,96+,97+,98+,99-,100+,101-,102+,103-,104-,105-,106+,107+,108+,109-,110-/m1/s1. The monoisotopic (exact) mass is 1790 g/mol. The molecule has 0 amide bonds. The molecule has 4 heterocycles. The summed E-state index contributed by atoms with van der Waals surface area (Å²) in [6, 6.07) is 118. The van der Waals surface area contributed by atoms with Crippen LogP contribution in [0.25, 0.3) is 0 Å². The van der Waals surface area contributed by atoms with Gasteiger partial charge in [-0.1, -0.05) is 364 Å².